The van der Waals surface area contributed by atoms with Crippen LogP contribution in [0.2, 0.25) is 0 Å². The fourth-order valence-corrected chi connectivity index (χ4v) is 8.52. The van der Waals surface area contributed by atoms with Crippen LogP contribution in [0.3, 0.4) is 0 Å². The summed E-state index contributed by atoms with van der Waals surface area (Å²) in [5, 5.41) is 2.01. The first-order valence-electron chi connectivity index (χ1n) is 13.9. The zero-order chi connectivity index (χ0) is 24.8. The fourth-order valence-electron chi connectivity index (χ4n) is 8.52. The molecule has 0 amide bonds. The van der Waals surface area contributed by atoms with Gasteiger partial charge in [-0.3, -0.25) is 5.84 Å². The summed E-state index contributed by atoms with van der Waals surface area (Å²) in [4.78, 5) is 0. The van der Waals surface area contributed by atoms with E-state index in [9.17, 15) is 0 Å². The van der Waals surface area contributed by atoms with E-state index < -0.39 is 0 Å². The lowest BCUT2D eigenvalue weighted by atomic mass is 9.47. The maximum atomic E-state index is 6.37. The van der Waals surface area contributed by atoms with Crippen molar-refractivity contribution in [3.8, 4) is 0 Å². The Morgan fingerprint density at radius 3 is 2.60 bits per heavy atom. The molecule has 1 aromatic carbocycles. The summed E-state index contributed by atoms with van der Waals surface area (Å²) in [7, 11) is 0. The van der Waals surface area contributed by atoms with Gasteiger partial charge in [-0.2, -0.15) is 0 Å². The minimum atomic E-state index is 0.274. The van der Waals surface area contributed by atoms with Crippen LogP contribution in [-0.4, -0.2) is 24.1 Å². The molecular weight excluding hydrogens is 426 g/mol. The van der Waals surface area contributed by atoms with Crippen LogP contribution < -0.4 is 11.6 Å². The molecule has 3 nitrogen and oxygen atoms in total. The Bertz CT molecular complexity index is 1060. The number of benzene rings is 1. The highest BCUT2D eigenvalue weighted by atomic mass is 15.4. The second-order valence-corrected chi connectivity index (χ2v) is 12.0. The first-order valence-corrected chi connectivity index (χ1v) is 13.9. The fraction of sp³-hybridized carbons (Fsp3) is 0.562. The van der Waals surface area contributed by atoms with Gasteiger partial charge in [0, 0.05) is 19.1 Å². The van der Waals surface area contributed by atoms with Crippen LogP contribution in [0.1, 0.15) is 82.4 Å². The molecule has 4 aliphatic carbocycles. The molecule has 5 rings (SSSR count). The topological polar surface area (TPSA) is 55.3 Å². The Labute approximate surface area is 213 Å². The van der Waals surface area contributed by atoms with Crippen LogP contribution in [-0.2, 0) is 0 Å². The van der Waals surface area contributed by atoms with Gasteiger partial charge in [0.05, 0.1) is 0 Å². The second-order valence-electron chi connectivity index (χ2n) is 12.0. The van der Waals surface area contributed by atoms with Crippen molar-refractivity contribution in [1.82, 2.24) is 5.01 Å². The van der Waals surface area contributed by atoms with E-state index in [0.717, 1.165) is 30.7 Å². The summed E-state index contributed by atoms with van der Waals surface area (Å²) in [6.07, 6.45) is 20.2. The van der Waals surface area contributed by atoms with Crippen molar-refractivity contribution in [2.75, 3.05) is 13.1 Å². The predicted molar refractivity (Wildman–Crippen MR) is 150 cm³/mol. The van der Waals surface area contributed by atoms with Gasteiger partial charge >= 0.3 is 0 Å². The van der Waals surface area contributed by atoms with E-state index in [4.69, 9.17) is 11.6 Å². The summed E-state index contributed by atoms with van der Waals surface area (Å²) in [6.45, 7) is 12.7. The van der Waals surface area contributed by atoms with Crippen LogP contribution >= 0.6 is 0 Å². The maximum absolute atomic E-state index is 6.37. The quantitative estimate of drug-likeness (QED) is 0.272. The Morgan fingerprint density at radius 1 is 1.06 bits per heavy atom. The first-order chi connectivity index (χ1) is 16.9. The molecule has 2 fully saturated rings. The molecule has 4 aliphatic rings. The molecule has 0 radical (unpaired) electrons. The maximum Gasteiger partial charge on any atom is 0.0279 e. The molecule has 188 valence electrons. The van der Waals surface area contributed by atoms with Crippen molar-refractivity contribution in [2.24, 2.45) is 40.2 Å². The molecule has 0 heterocycles. The molecule has 0 saturated heterocycles. The number of hydrogen-bond acceptors (Lipinski definition) is 3. The Balaban J connectivity index is 1.39. The van der Waals surface area contributed by atoms with Gasteiger partial charge in [-0.25, -0.2) is 5.01 Å². The summed E-state index contributed by atoms with van der Waals surface area (Å²) in [6, 6.07) is 7.44. The van der Waals surface area contributed by atoms with Crippen molar-refractivity contribution in [2.45, 2.75) is 71.8 Å². The largest absolute Gasteiger partial charge is 0.329 e. The van der Waals surface area contributed by atoms with E-state index in [0.29, 0.717) is 18.0 Å². The number of nitrogens with zero attached hydrogens (tertiary/aromatic N) is 1. The van der Waals surface area contributed by atoms with Gasteiger partial charge in [-0.1, -0.05) is 68.5 Å². The minimum Gasteiger partial charge on any atom is -0.329 e. The van der Waals surface area contributed by atoms with E-state index in [2.05, 4.69) is 69.9 Å². The number of rotatable bonds is 6. The van der Waals surface area contributed by atoms with Crippen molar-refractivity contribution < 1.29 is 0 Å². The van der Waals surface area contributed by atoms with Gasteiger partial charge in [-0.15, -0.1) is 0 Å². The van der Waals surface area contributed by atoms with Gasteiger partial charge in [-0.05, 0) is 109 Å². The lowest BCUT2D eigenvalue weighted by Gasteiger charge is -2.58. The highest BCUT2D eigenvalue weighted by Crippen LogP contribution is 2.66. The molecule has 2 saturated carbocycles. The van der Waals surface area contributed by atoms with Crippen molar-refractivity contribution >= 4 is 17.7 Å². The molecule has 0 spiro atoms. The average Bonchev–Trinajstić information content (AvgIpc) is 3.21. The Morgan fingerprint density at radius 2 is 1.86 bits per heavy atom. The number of fused-ring (bicyclic) bond motifs is 5. The number of hydrogen-bond donors (Lipinski definition) is 2. The van der Waals surface area contributed by atoms with Crippen molar-refractivity contribution in [3.63, 3.8) is 0 Å². The highest BCUT2D eigenvalue weighted by Gasteiger charge is 2.56. The molecule has 0 aliphatic heterocycles. The van der Waals surface area contributed by atoms with Crippen molar-refractivity contribution in [1.29, 1.82) is 0 Å². The summed E-state index contributed by atoms with van der Waals surface area (Å²) in [5.41, 5.74) is 13.6. The standard InChI is InChI=1S/C32H45N3/c1-5-7-23-8-9-24(20-22(23)6-2)28-12-13-29-27-11-10-25-21-26(35(34)19-18-33)14-16-31(25,3)30(27)15-17-32(28,29)4/h5-10,12,20,26-27,29-30H,2,11,13-19,21,33-34H2,1,3-4H3/b7-5-. The van der Waals surface area contributed by atoms with Crippen LogP contribution in [0, 0.1) is 28.6 Å². The van der Waals surface area contributed by atoms with E-state index >= 15 is 0 Å². The highest BCUT2D eigenvalue weighted by molar-refractivity contribution is 5.77. The van der Waals surface area contributed by atoms with Crippen LogP contribution in [0.4, 0.5) is 0 Å². The third kappa shape index (κ3) is 4.00. The molecular formula is C32H45N3. The van der Waals surface area contributed by atoms with E-state index in [-0.39, 0.29) is 5.41 Å². The molecule has 6 atom stereocenters. The lowest BCUT2D eigenvalue weighted by Crippen LogP contribution is -2.53. The Hall–Kier alpha value is -1.94. The van der Waals surface area contributed by atoms with E-state index in [1.54, 1.807) is 11.1 Å². The number of hydrazine groups is 1. The lowest BCUT2D eigenvalue weighted by molar-refractivity contribution is -0.0188. The van der Waals surface area contributed by atoms with Crippen LogP contribution in [0.15, 0.2) is 48.6 Å². The third-order valence-electron chi connectivity index (χ3n) is 10.5. The van der Waals surface area contributed by atoms with Gasteiger partial charge in [0.2, 0.25) is 0 Å². The molecule has 3 heteroatoms. The first kappa shape index (κ1) is 24.7. The van der Waals surface area contributed by atoms with Crippen LogP contribution in [0.5, 0.6) is 0 Å². The minimum absolute atomic E-state index is 0.274. The molecule has 0 aromatic heterocycles. The van der Waals surface area contributed by atoms with E-state index in [1.165, 1.54) is 55.2 Å². The zero-order valence-corrected chi connectivity index (χ0v) is 22.1. The number of nitrogens with two attached hydrogens (primary N) is 2. The predicted octanol–water partition coefficient (Wildman–Crippen LogP) is 6.82. The smallest absolute Gasteiger partial charge is 0.0279 e. The SMILES string of the molecule is C=Cc1cc(C2=CCC3C4CC=C5CC(N(N)CCN)CCC5(C)C4CCC23C)ccc1/C=C\C. The molecule has 35 heavy (non-hydrogen) atoms. The van der Waals surface area contributed by atoms with Gasteiger partial charge in [0.15, 0.2) is 0 Å². The van der Waals surface area contributed by atoms with Gasteiger partial charge < -0.3 is 5.73 Å². The molecule has 1 aromatic rings. The zero-order valence-electron chi connectivity index (χ0n) is 22.1. The monoisotopic (exact) mass is 471 g/mol. The summed E-state index contributed by atoms with van der Waals surface area (Å²) >= 11 is 0. The second kappa shape index (κ2) is 9.50. The van der Waals surface area contributed by atoms with Gasteiger partial charge in [0.25, 0.3) is 0 Å². The van der Waals surface area contributed by atoms with E-state index in [1.807, 2.05) is 11.1 Å². The molecule has 0 bridgehead atoms. The molecule has 6 unspecified atom stereocenters. The third-order valence-corrected chi connectivity index (χ3v) is 10.5. The Kier molecular flexibility index (Phi) is 6.72. The average molecular weight is 472 g/mol. The number of allylic oxidation sites excluding steroid dienone is 4. The normalized spacial score (nSPS) is 36.4. The molecule has 4 N–H and O–H groups in total. The summed E-state index contributed by atoms with van der Waals surface area (Å²) < 4.78 is 0. The van der Waals surface area contributed by atoms with Gasteiger partial charge in [0.1, 0.15) is 0 Å². The van der Waals surface area contributed by atoms with Crippen molar-refractivity contribution in [3.05, 3.63) is 65.3 Å². The van der Waals surface area contributed by atoms with Crippen LogP contribution in [0.25, 0.3) is 17.7 Å². The summed E-state index contributed by atoms with van der Waals surface area (Å²) in [5.74, 6) is 8.70.